The van der Waals surface area contributed by atoms with Gasteiger partial charge in [0.05, 0.1) is 0 Å². The van der Waals surface area contributed by atoms with E-state index in [4.69, 9.17) is 0 Å². The summed E-state index contributed by atoms with van der Waals surface area (Å²) >= 11 is 0. The van der Waals surface area contributed by atoms with E-state index in [2.05, 4.69) is 48.1 Å². The number of hydrogen-bond donors (Lipinski definition) is 1. The molecule has 0 amide bonds. The molecule has 2 atom stereocenters. The molecule has 2 heterocycles. The van der Waals surface area contributed by atoms with Gasteiger partial charge in [-0.1, -0.05) is 26.8 Å². The summed E-state index contributed by atoms with van der Waals surface area (Å²) in [4.78, 5) is 7.05. The Kier molecular flexibility index (Phi) is 5.20. The first-order valence-electron chi connectivity index (χ1n) is 7.61. The fourth-order valence-corrected chi connectivity index (χ4v) is 2.59. The molecular weight excluding hydrogens is 234 g/mol. The van der Waals surface area contributed by atoms with Crippen LogP contribution in [0.3, 0.4) is 0 Å². The SMILES string of the molecule is CCCNCc1ccc(N2CCC(C)C(C)C2)nc1. The molecule has 1 N–H and O–H groups in total. The topological polar surface area (TPSA) is 28.2 Å². The summed E-state index contributed by atoms with van der Waals surface area (Å²) in [6.07, 6.45) is 4.47. The summed E-state index contributed by atoms with van der Waals surface area (Å²) in [6.45, 7) is 11.2. The van der Waals surface area contributed by atoms with Gasteiger partial charge in [-0.25, -0.2) is 4.98 Å². The molecule has 0 aromatic carbocycles. The van der Waals surface area contributed by atoms with Gasteiger partial charge < -0.3 is 10.2 Å². The maximum absolute atomic E-state index is 4.63. The second-order valence-corrected chi connectivity index (χ2v) is 5.89. The number of piperidine rings is 1. The van der Waals surface area contributed by atoms with Crippen LogP contribution in [0.1, 0.15) is 39.2 Å². The Hall–Kier alpha value is -1.09. The van der Waals surface area contributed by atoms with Crippen molar-refractivity contribution in [3.8, 4) is 0 Å². The van der Waals surface area contributed by atoms with Gasteiger partial charge in [0.2, 0.25) is 0 Å². The monoisotopic (exact) mass is 261 g/mol. The minimum atomic E-state index is 0.765. The molecule has 3 heteroatoms. The van der Waals surface area contributed by atoms with Gasteiger partial charge in [0, 0.05) is 25.8 Å². The van der Waals surface area contributed by atoms with Crippen molar-refractivity contribution in [2.75, 3.05) is 24.5 Å². The van der Waals surface area contributed by atoms with E-state index in [9.17, 15) is 0 Å². The van der Waals surface area contributed by atoms with E-state index in [0.29, 0.717) is 0 Å². The number of nitrogens with zero attached hydrogens (tertiary/aromatic N) is 2. The van der Waals surface area contributed by atoms with Crippen LogP contribution < -0.4 is 10.2 Å². The van der Waals surface area contributed by atoms with Crippen LogP contribution in [0.25, 0.3) is 0 Å². The zero-order valence-electron chi connectivity index (χ0n) is 12.5. The molecule has 106 valence electrons. The summed E-state index contributed by atoms with van der Waals surface area (Å²) in [6, 6.07) is 4.37. The molecule has 1 aliphatic heterocycles. The van der Waals surface area contributed by atoms with Crippen molar-refractivity contribution in [1.82, 2.24) is 10.3 Å². The summed E-state index contributed by atoms with van der Waals surface area (Å²) in [7, 11) is 0. The number of pyridine rings is 1. The molecule has 0 bridgehead atoms. The van der Waals surface area contributed by atoms with Crippen molar-refractivity contribution in [1.29, 1.82) is 0 Å². The molecule has 19 heavy (non-hydrogen) atoms. The van der Waals surface area contributed by atoms with Gasteiger partial charge in [-0.05, 0) is 42.9 Å². The first kappa shape index (κ1) is 14.3. The molecule has 2 rings (SSSR count). The highest BCUT2D eigenvalue weighted by Crippen LogP contribution is 2.25. The summed E-state index contributed by atoms with van der Waals surface area (Å²) in [5, 5.41) is 3.41. The van der Waals surface area contributed by atoms with Crippen molar-refractivity contribution in [2.45, 2.75) is 40.2 Å². The fraction of sp³-hybridized carbons (Fsp3) is 0.688. The lowest BCUT2D eigenvalue weighted by Gasteiger charge is -2.36. The van der Waals surface area contributed by atoms with E-state index in [0.717, 1.165) is 43.8 Å². The highest BCUT2D eigenvalue weighted by Gasteiger charge is 2.23. The maximum atomic E-state index is 4.63. The Morgan fingerprint density at radius 2 is 2.16 bits per heavy atom. The maximum Gasteiger partial charge on any atom is 0.128 e. The number of anilines is 1. The molecule has 0 aliphatic carbocycles. The zero-order chi connectivity index (χ0) is 13.7. The molecule has 3 nitrogen and oxygen atoms in total. The Balaban J connectivity index is 1.91. The zero-order valence-corrected chi connectivity index (χ0v) is 12.5. The van der Waals surface area contributed by atoms with Crippen molar-refractivity contribution in [3.63, 3.8) is 0 Å². The molecule has 0 saturated carbocycles. The van der Waals surface area contributed by atoms with Crippen molar-refractivity contribution in [3.05, 3.63) is 23.9 Å². The van der Waals surface area contributed by atoms with Crippen LogP contribution in [-0.2, 0) is 6.54 Å². The van der Waals surface area contributed by atoms with Gasteiger partial charge in [-0.15, -0.1) is 0 Å². The summed E-state index contributed by atoms with van der Waals surface area (Å²) in [5.41, 5.74) is 1.27. The molecule has 1 saturated heterocycles. The number of hydrogen-bond acceptors (Lipinski definition) is 3. The first-order valence-corrected chi connectivity index (χ1v) is 7.61. The van der Waals surface area contributed by atoms with Crippen LogP contribution in [0.4, 0.5) is 5.82 Å². The van der Waals surface area contributed by atoms with Crippen LogP contribution >= 0.6 is 0 Å². The molecule has 2 unspecified atom stereocenters. The standard InChI is InChI=1S/C16H27N3/c1-4-8-17-10-15-5-6-16(18-11-15)19-9-7-13(2)14(3)12-19/h5-6,11,13-14,17H,4,7-10,12H2,1-3H3. The molecule has 1 fully saturated rings. The molecule has 1 aromatic rings. The van der Waals surface area contributed by atoms with Crippen LogP contribution in [0, 0.1) is 11.8 Å². The molecule has 1 aromatic heterocycles. The second-order valence-electron chi connectivity index (χ2n) is 5.89. The largest absolute Gasteiger partial charge is 0.356 e. The Morgan fingerprint density at radius 3 is 2.79 bits per heavy atom. The first-order chi connectivity index (χ1) is 9.20. The Morgan fingerprint density at radius 1 is 1.32 bits per heavy atom. The Bertz CT molecular complexity index is 374. The van der Waals surface area contributed by atoms with E-state index >= 15 is 0 Å². The van der Waals surface area contributed by atoms with Gasteiger partial charge in [0.1, 0.15) is 5.82 Å². The fourth-order valence-electron chi connectivity index (χ4n) is 2.59. The minimum Gasteiger partial charge on any atom is -0.356 e. The average Bonchev–Trinajstić information content (AvgIpc) is 2.43. The van der Waals surface area contributed by atoms with Crippen LogP contribution in [0.2, 0.25) is 0 Å². The third-order valence-corrected chi connectivity index (χ3v) is 4.22. The Labute approximate surface area is 117 Å². The lowest BCUT2D eigenvalue weighted by Crippen LogP contribution is -2.38. The number of rotatable bonds is 5. The summed E-state index contributed by atoms with van der Waals surface area (Å²) in [5.74, 6) is 2.74. The predicted octanol–water partition coefficient (Wildman–Crippen LogP) is 3.06. The molecule has 0 radical (unpaired) electrons. The second kappa shape index (κ2) is 6.90. The predicted molar refractivity (Wildman–Crippen MR) is 81.4 cm³/mol. The molecular formula is C16H27N3. The van der Waals surface area contributed by atoms with Crippen molar-refractivity contribution < 1.29 is 0 Å². The van der Waals surface area contributed by atoms with E-state index in [1.54, 1.807) is 0 Å². The van der Waals surface area contributed by atoms with Gasteiger partial charge in [0.15, 0.2) is 0 Å². The number of aromatic nitrogens is 1. The van der Waals surface area contributed by atoms with E-state index in [1.807, 2.05) is 6.20 Å². The van der Waals surface area contributed by atoms with Gasteiger partial charge in [-0.3, -0.25) is 0 Å². The van der Waals surface area contributed by atoms with Crippen LogP contribution in [0.15, 0.2) is 18.3 Å². The van der Waals surface area contributed by atoms with Crippen molar-refractivity contribution >= 4 is 5.82 Å². The van der Waals surface area contributed by atoms with Crippen LogP contribution in [-0.4, -0.2) is 24.6 Å². The van der Waals surface area contributed by atoms with Gasteiger partial charge in [0.25, 0.3) is 0 Å². The van der Waals surface area contributed by atoms with Gasteiger partial charge in [-0.2, -0.15) is 0 Å². The summed E-state index contributed by atoms with van der Waals surface area (Å²) < 4.78 is 0. The third-order valence-electron chi connectivity index (χ3n) is 4.22. The highest BCUT2D eigenvalue weighted by atomic mass is 15.2. The lowest BCUT2D eigenvalue weighted by atomic mass is 9.89. The quantitative estimate of drug-likeness (QED) is 0.826. The normalized spacial score (nSPS) is 23.6. The minimum absolute atomic E-state index is 0.765. The van der Waals surface area contributed by atoms with E-state index < -0.39 is 0 Å². The lowest BCUT2D eigenvalue weighted by molar-refractivity contribution is 0.323. The molecule has 1 aliphatic rings. The van der Waals surface area contributed by atoms with Crippen LogP contribution in [0.5, 0.6) is 0 Å². The molecule has 0 spiro atoms. The van der Waals surface area contributed by atoms with Crippen molar-refractivity contribution in [2.24, 2.45) is 11.8 Å². The number of nitrogens with one attached hydrogen (secondary N) is 1. The average molecular weight is 261 g/mol. The van der Waals surface area contributed by atoms with E-state index in [1.165, 1.54) is 18.4 Å². The third kappa shape index (κ3) is 3.93. The smallest absolute Gasteiger partial charge is 0.128 e. The van der Waals surface area contributed by atoms with Gasteiger partial charge >= 0.3 is 0 Å². The highest BCUT2D eigenvalue weighted by molar-refractivity contribution is 5.39. The van der Waals surface area contributed by atoms with E-state index in [-0.39, 0.29) is 0 Å².